The normalized spacial score (nSPS) is 10.4. The fraction of sp³-hybridized carbons (Fsp3) is 0.143. The van der Waals surface area contributed by atoms with Crippen LogP contribution in [0, 0.1) is 13.8 Å². The van der Waals surface area contributed by atoms with Crippen molar-refractivity contribution >= 4 is 44.6 Å². The Balaban J connectivity index is 2.37. The second-order valence-corrected chi connectivity index (χ2v) is 5.56. The van der Waals surface area contributed by atoms with Crippen molar-refractivity contribution in [2.24, 2.45) is 0 Å². The Morgan fingerprint density at radius 1 is 1.11 bits per heavy atom. The number of halogens is 2. The predicted molar refractivity (Wildman–Crippen MR) is 82.8 cm³/mol. The highest BCUT2D eigenvalue weighted by Gasteiger charge is 2.06. The molecule has 0 radical (unpaired) electrons. The molecule has 0 aliphatic carbocycles. The van der Waals surface area contributed by atoms with E-state index in [1.807, 2.05) is 25.1 Å². The topological polar surface area (TPSA) is 38.0 Å². The van der Waals surface area contributed by atoms with Gasteiger partial charge in [0.05, 0.1) is 17.1 Å². The summed E-state index contributed by atoms with van der Waals surface area (Å²) in [7, 11) is 0. The third-order valence-corrected chi connectivity index (χ3v) is 3.79. The zero-order valence-corrected chi connectivity index (χ0v) is 12.6. The van der Waals surface area contributed by atoms with Crippen molar-refractivity contribution in [3.63, 3.8) is 0 Å². The third-order valence-electron chi connectivity index (χ3n) is 2.72. The molecule has 2 nitrogen and oxygen atoms in total. The lowest BCUT2D eigenvalue weighted by Crippen LogP contribution is -1.98. The van der Waals surface area contributed by atoms with E-state index in [4.69, 9.17) is 17.3 Å². The van der Waals surface area contributed by atoms with Crippen LogP contribution in [0.15, 0.2) is 34.8 Å². The average Bonchev–Trinajstić information content (AvgIpc) is 2.29. The van der Waals surface area contributed by atoms with Gasteiger partial charge in [-0.2, -0.15) is 0 Å². The number of rotatable bonds is 2. The van der Waals surface area contributed by atoms with Crippen molar-refractivity contribution < 1.29 is 0 Å². The number of hydrogen-bond donors (Lipinski definition) is 2. The Labute approximate surface area is 120 Å². The number of nitrogens with one attached hydrogen (secondary N) is 1. The summed E-state index contributed by atoms with van der Waals surface area (Å²) < 4.78 is 1.01. The Hall–Kier alpha value is -1.19. The van der Waals surface area contributed by atoms with E-state index < -0.39 is 0 Å². The van der Waals surface area contributed by atoms with Gasteiger partial charge in [-0.05, 0) is 65.2 Å². The van der Waals surface area contributed by atoms with Gasteiger partial charge in [0.1, 0.15) is 0 Å². The maximum Gasteiger partial charge on any atom is 0.0621 e. The highest BCUT2D eigenvalue weighted by molar-refractivity contribution is 9.10. The van der Waals surface area contributed by atoms with Gasteiger partial charge >= 0.3 is 0 Å². The molecular formula is C14H14BrClN2. The molecule has 2 aromatic carbocycles. The van der Waals surface area contributed by atoms with Gasteiger partial charge < -0.3 is 11.1 Å². The molecule has 0 aromatic heterocycles. The predicted octanol–water partition coefficient (Wildman–Crippen LogP) is 5.05. The Morgan fingerprint density at radius 2 is 1.83 bits per heavy atom. The minimum absolute atomic E-state index is 0.637. The van der Waals surface area contributed by atoms with Crippen molar-refractivity contribution in [1.82, 2.24) is 0 Å². The molecular weight excluding hydrogens is 312 g/mol. The summed E-state index contributed by atoms with van der Waals surface area (Å²) in [6, 6.07) is 9.83. The highest BCUT2D eigenvalue weighted by Crippen LogP contribution is 2.32. The SMILES string of the molecule is Cc1ccc(Nc2cc(C)c(Cl)cc2N)c(Br)c1. The number of aryl methyl sites for hydroxylation is 2. The van der Waals surface area contributed by atoms with Crippen molar-refractivity contribution in [3.05, 3.63) is 51.0 Å². The zero-order chi connectivity index (χ0) is 13.3. The molecule has 0 aliphatic heterocycles. The maximum atomic E-state index is 6.02. The van der Waals surface area contributed by atoms with E-state index in [9.17, 15) is 0 Å². The molecule has 4 heteroatoms. The second kappa shape index (κ2) is 5.21. The minimum Gasteiger partial charge on any atom is -0.397 e. The van der Waals surface area contributed by atoms with Crippen LogP contribution in [0.5, 0.6) is 0 Å². The standard InChI is InChI=1S/C14H14BrClN2/c1-8-3-4-13(10(15)5-8)18-14-6-9(2)11(16)7-12(14)17/h3-7,18H,17H2,1-2H3. The van der Waals surface area contributed by atoms with Gasteiger partial charge in [-0.25, -0.2) is 0 Å². The smallest absolute Gasteiger partial charge is 0.0621 e. The quantitative estimate of drug-likeness (QED) is 0.759. The molecule has 3 N–H and O–H groups in total. The van der Waals surface area contributed by atoms with E-state index in [-0.39, 0.29) is 0 Å². The highest BCUT2D eigenvalue weighted by atomic mass is 79.9. The molecule has 0 heterocycles. The fourth-order valence-electron chi connectivity index (χ4n) is 1.67. The van der Waals surface area contributed by atoms with Crippen molar-refractivity contribution in [3.8, 4) is 0 Å². The number of anilines is 3. The summed E-state index contributed by atoms with van der Waals surface area (Å²) >= 11 is 9.56. The van der Waals surface area contributed by atoms with Gasteiger partial charge in [-0.1, -0.05) is 17.7 Å². The van der Waals surface area contributed by atoms with Crippen LogP contribution in [0.3, 0.4) is 0 Å². The van der Waals surface area contributed by atoms with Crippen molar-refractivity contribution in [1.29, 1.82) is 0 Å². The lowest BCUT2D eigenvalue weighted by Gasteiger charge is -2.13. The van der Waals surface area contributed by atoms with Crippen LogP contribution in [-0.2, 0) is 0 Å². The number of hydrogen-bond acceptors (Lipinski definition) is 2. The summed E-state index contributed by atoms with van der Waals surface area (Å²) in [5, 5.41) is 3.99. The van der Waals surface area contributed by atoms with Crippen LogP contribution in [-0.4, -0.2) is 0 Å². The van der Waals surface area contributed by atoms with Gasteiger partial charge in [0.15, 0.2) is 0 Å². The van der Waals surface area contributed by atoms with E-state index in [0.29, 0.717) is 10.7 Å². The van der Waals surface area contributed by atoms with Gasteiger partial charge in [-0.3, -0.25) is 0 Å². The molecule has 0 unspecified atom stereocenters. The molecule has 2 rings (SSSR count). The van der Waals surface area contributed by atoms with E-state index in [1.54, 1.807) is 6.07 Å². The van der Waals surface area contributed by atoms with E-state index in [2.05, 4.69) is 34.2 Å². The minimum atomic E-state index is 0.637. The molecule has 0 spiro atoms. The van der Waals surface area contributed by atoms with Crippen LogP contribution in [0.4, 0.5) is 17.1 Å². The molecule has 0 atom stereocenters. The van der Waals surface area contributed by atoms with Crippen LogP contribution < -0.4 is 11.1 Å². The summed E-state index contributed by atoms with van der Waals surface area (Å²) in [6.07, 6.45) is 0. The molecule has 2 aromatic rings. The lowest BCUT2D eigenvalue weighted by atomic mass is 10.1. The fourth-order valence-corrected chi connectivity index (χ4v) is 2.44. The molecule has 94 valence electrons. The van der Waals surface area contributed by atoms with E-state index in [1.165, 1.54) is 5.56 Å². The monoisotopic (exact) mass is 324 g/mol. The van der Waals surface area contributed by atoms with Gasteiger partial charge in [0.25, 0.3) is 0 Å². The number of benzene rings is 2. The van der Waals surface area contributed by atoms with Crippen LogP contribution >= 0.6 is 27.5 Å². The second-order valence-electron chi connectivity index (χ2n) is 4.30. The molecule has 18 heavy (non-hydrogen) atoms. The molecule has 0 fully saturated rings. The number of nitrogens with two attached hydrogens (primary N) is 1. The van der Waals surface area contributed by atoms with E-state index >= 15 is 0 Å². The first-order valence-corrected chi connectivity index (χ1v) is 6.73. The molecule has 0 saturated heterocycles. The Kier molecular flexibility index (Phi) is 3.83. The van der Waals surface area contributed by atoms with Crippen LogP contribution in [0.1, 0.15) is 11.1 Å². The summed E-state index contributed by atoms with van der Waals surface area (Å²) in [5.74, 6) is 0. The molecule has 0 bridgehead atoms. The summed E-state index contributed by atoms with van der Waals surface area (Å²) in [6.45, 7) is 4.01. The summed E-state index contributed by atoms with van der Waals surface area (Å²) in [4.78, 5) is 0. The van der Waals surface area contributed by atoms with Crippen molar-refractivity contribution in [2.75, 3.05) is 11.1 Å². The first kappa shape index (κ1) is 13.2. The molecule has 0 saturated carbocycles. The first-order valence-electron chi connectivity index (χ1n) is 5.56. The zero-order valence-electron chi connectivity index (χ0n) is 10.2. The van der Waals surface area contributed by atoms with E-state index in [0.717, 1.165) is 21.4 Å². The number of nitrogen functional groups attached to an aromatic ring is 1. The van der Waals surface area contributed by atoms with Crippen molar-refractivity contribution in [2.45, 2.75) is 13.8 Å². The Bertz CT molecular complexity index is 597. The lowest BCUT2D eigenvalue weighted by molar-refractivity contribution is 1.41. The summed E-state index contributed by atoms with van der Waals surface area (Å²) in [5.41, 5.74) is 10.6. The molecule has 0 aliphatic rings. The largest absolute Gasteiger partial charge is 0.397 e. The third kappa shape index (κ3) is 2.79. The molecule has 0 amide bonds. The van der Waals surface area contributed by atoms with Gasteiger partial charge in [0, 0.05) is 9.50 Å². The maximum absolute atomic E-state index is 6.02. The van der Waals surface area contributed by atoms with Gasteiger partial charge in [0.2, 0.25) is 0 Å². The van der Waals surface area contributed by atoms with Crippen LogP contribution in [0.25, 0.3) is 0 Å². The first-order chi connectivity index (χ1) is 8.47. The van der Waals surface area contributed by atoms with Crippen LogP contribution in [0.2, 0.25) is 5.02 Å². The average molecular weight is 326 g/mol. The Morgan fingerprint density at radius 3 is 2.50 bits per heavy atom. The van der Waals surface area contributed by atoms with Gasteiger partial charge in [-0.15, -0.1) is 0 Å².